The van der Waals surface area contributed by atoms with E-state index in [1.165, 1.54) is 6.92 Å². The van der Waals surface area contributed by atoms with Gasteiger partial charge >= 0.3 is 6.18 Å². The molecule has 2 bridgehead atoms. The van der Waals surface area contributed by atoms with Crippen molar-refractivity contribution in [3.05, 3.63) is 22.2 Å². The van der Waals surface area contributed by atoms with Gasteiger partial charge < -0.3 is 0 Å². The first-order chi connectivity index (χ1) is 10.0. The van der Waals surface area contributed by atoms with Crippen LogP contribution < -0.4 is 0 Å². The molecule has 0 unspecified atom stereocenters. The zero-order valence-corrected chi connectivity index (χ0v) is 16.5. The molecule has 24 heavy (non-hydrogen) atoms. The van der Waals surface area contributed by atoms with Gasteiger partial charge in [-0.1, -0.05) is 11.6 Å². The Bertz CT molecular complexity index is 665. The number of ketones is 1. The van der Waals surface area contributed by atoms with Crippen LogP contribution in [0.25, 0.3) is 0 Å². The Morgan fingerprint density at radius 2 is 1.71 bits per heavy atom. The van der Waals surface area contributed by atoms with Crippen molar-refractivity contribution in [1.29, 1.82) is 0 Å². The van der Waals surface area contributed by atoms with Crippen molar-refractivity contribution >= 4 is 51.6 Å². The van der Waals surface area contributed by atoms with Gasteiger partial charge in [0.15, 0.2) is 10.9 Å². The Kier molecular flexibility index (Phi) is 5.79. The molecule has 0 aliphatic heterocycles. The van der Waals surface area contributed by atoms with Crippen LogP contribution in [0.3, 0.4) is 0 Å². The summed E-state index contributed by atoms with van der Waals surface area (Å²) in [6, 6.07) is 0. The van der Waals surface area contributed by atoms with Crippen LogP contribution >= 0.6 is 11.6 Å². The van der Waals surface area contributed by atoms with Gasteiger partial charge in [-0.25, -0.2) is 18.7 Å². The predicted octanol–water partition coefficient (Wildman–Crippen LogP) is 3.53. The molecule has 3 aliphatic rings. The molecule has 1 aromatic heterocycles. The molecule has 11 heteroatoms. The Balaban J connectivity index is 0.00000144. The molecule has 3 aliphatic carbocycles. The predicted molar refractivity (Wildman–Crippen MR) is 77.3 cm³/mol. The molecule has 3 nitrogen and oxygen atoms in total. The van der Waals surface area contributed by atoms with E-state index in [1.54, 1.807) is 0 Å². The van der Waals surface area contributed by atoms with Gasteiger partial charge in [0, 0.05) is 39.7 Å². The van der Waals surface area contributed by atoms with E-state index in [0.717, 1.165) is 0 Å². The van der Waals surface area contributed by atoms with Gasteiger partial charge in [0.25, 0.3) is 6.43 Å². The Hall–Kier alpha value is -0.375. The number of nitrogens with zero attached hydrogens (tertiary/aromatic N) is 2. The molecule has 1 aromatic rings. The Morgan fingerprint density at radius 1 is 1.21 bits per heavy atom. The minimum absolute atomic E-state index is 0. The fourth-order valence-corrected chi connectivity index (χ4v) is 3.69. The second kappa shape index (κ2) is 6.41. The number of rotatable bonds is 3. The quantitative estimate of drug-likeness (QED) is 0.389. The van der Waals surface area contributed by atoms with Crippen LogP contribution in [0.4, 0.5) is 22.0 Å². The number of halogens is 6. The molecule has 0 N–H and O–H groups in total. The van der Waals surface area contributed by atoms with Gasteiger partial charge in [-0.3, -0.25) is 4.79 Å². The molecule has 0 saturated heterocycles. The first-order valence-corrected chi connectivity index (χ1v) is 6.83. The van der Waals surface area contributed by atoms with Gasteiger partial charge in [0.2, 0.25) is 0 Å². The number of hydrogen-bond donors (Lipinski definition) is 0. The molecule has 4 rings (SSSR count). The molecule has 6 radical (unpaired) electrons. The summed E-state index contributed by atoms with van der Waals surface area (Å²) >= 11 is 5.77. The summed E-state index contributed by atoms with van der Waals surface area (Å²) in [6.45, 7) is 1.27. The summed E-state index contributed by atoms with van der Waals surface area (Å²) in [5.74, 6) is -0.724. The fourth-order valence-electron chi connectivity index (χ4n) is 3.44. The van der Waals surface area contributed by atoms with E-state index in [9.17, 15) is 26.7 Å². The summed E-state index contributed by atoms with van der Waals surface area (Å²) in [4.78, 5) is 19.6. The fraction of sp³-hybridized carbons (Fsp3) is 0.615. The maximum Gasteiger partial charge on any atom is 0.394 e. The van der Waals surface area contributed by atoms with E-state index in [0.29, 0.717) is 0 Å². The van der Waals surface area contributed by atoms with Crippen molar-refractivity contribution < 1.29 is 26.7 Å². The number of Topliss-reactive ketones (excluding diaryl/α,β-unsaturated/α-hetero) is 1. The molecule has 126 valence electrons. The molecule has 0 amide bonds. The van der Waals surface area contributed by atoms with Gasteiger partial charge in [-0.15, -0.1) is 0 Å². The van der Waals surface area contributed by atoms with E-state index in [4.69, 9.17) is 11.6 Å². The third-order valence-corrected chi connectivity index (χ3v) is 4.86. The monoisotopic (exact) mass is 466 g/mol. The van der Waals surface area contributed by atoms with Crippen molar-refractivity contribution in [3.63, 3.8) is 0 Å². The molecule has 0 aromatic carbocycles. The van der Waals surface area contributed by atoms with Crippen molar-refractivity contribution in [2.45, 2.75) is 38.8 Å². The molecule has 0 atom stereocenters. The van der Waals surface area contributed by atoms with Crippen molar-refractivity contribution in [3.8, 4) is 0 Å². The van der Waals surface area contributed by atoms with Crippen molar-refractivity contribution in [2.75, 3.05) is 0 Å². The smallest absolute Gasteiger partial charge is 0.292 e. The van der Waals surface area contributed by atoms with Gasteiger partial charge in [0.1, 0.15) is 11.4 Å². The maximum atomic E-state index is 12.8. The molecule has 3 fully saturated rings. The topological polar surface area (TPSA) is 42.9 Å². The van der Waals surface area contributed by atoms with Crippen LogP contribution in [-0.4, -0.2) is 56.2 Å². The van der Waals surface area contributed by atoms with Crippen LogP contribution in [0.2, 0.25) is 5.15 Å². The summed E-state index contributed by atoms with van der Waals surface area (Å²) < 4.78 is 64.0. The normalized spacial score (nSPS) is 27.5. The minimum Gasteiger partial charge on any atom is -0.292 e. The first kappa shape index (κ1) is 21.7. The number of aromatic nitrogens is 2. The Labute approximate surface area is 160 Å². The number of hydrogen-bond acceptors (Lipinski definition) is 3. The van der Waals surface area contributed by atoms with Crippen LogP contribution in [0.15, 0.2) is 0 Å². The SMILES string of the molecule is Cc1nc(Cl)c(C(=O)C23CC(C(F)(F)F)(C2)C3)nc1C(F)F.[B].[In]. The summed E-state index contributed by atoms with van der Waals surface area (Å²) in [6.07, 6.45) is -8.30. The molecule has 3 saturated carbocycles. The summed E-state index contributed by atoms with van der Waals surface area (Å²) in [5, 5.41) is -0.349. The van der Waals surface area contributed by atoms with Crippen LogP contribution in [0.1, 0.15) is 47.6 Å². The standard InChI is InChI=1S/C13H10ClF5N2O.B.In/c1-5-6(10(15)16)21-7(9(14)20-5)8(22)11-2-12(3-11,4-11)13(17,18)19;;/h10H,2-4H2,1H3;;. The zero-order chi connectivity index (χ0) is 16.5. The first-order valence-electron chi connectivity index (χ1n) is 6.45. The zero-order valence-electron chi connectivity index (χ0n) is 12.4. The molecule has 0 spiro atoms. The second-order valence-corrected chi connectivity index (χ2v) is 6.41. The van der Waals surface area contributed by atoms with Crippen LogP contribution in [-0.2, 0) is 0 Å². The van der Waals surface area contributed by atoms with E-state index in [1.807, 2.05) is 0 Å². The third-order valence-electron chi connectivity index (χ3n) is 4.60. The van der Waals surface area contributed by atoms with Gasteiger partial charge in [-0.05, 0) is 26.2 Å². The van der Waals surface area contributed by atoms with Crippen LogP contribution in [0.5, 0.6) is 0 Å². The Morgan fingerprint density at radius 3 is 2.12 bits per heavy atom. The molecular weight excluding hydrogens is 456 g/mol. The number of aryl methyl sites for hydroxylation is 1. The molecule has 1 heterocycles. The van der Waals surface area contributed by atoms with Crippen molar-refractivity contribution in [2.24, 2.45) is 10.8 Å². The molecular formula is C13H10BClF5InN2O. The van der Waals surface area contributed by atoms with E-state index in [-0.39, 0.29) is 64.4 Å². The summed E-state index contributed by atoms with van der Waals surface area (Å²) in [7, 11) is 0. The number of carbonyl (C=O) groups is 1. The average Bonchev–Trinajstić information content (AvgIpc) is 2.21. The van der Waals surface area contributed by atoms with Gasteiger partial charge in [0.05, 0.1) is 11.1 Å². The minimum atomic E-state index is -4.36. The second-order valence-electron chi connectivity index (χ2n) is 6.05. The summed E-state index contributed by atoms with van der Waals surface area (Å²) in [5.41, 5.74) is -4.23. The van der Waals surface area contributed by atoms with Gasteiger partial charge in [-0.2, -0.15) is 13.2 Å². The average molecular weight is 466 g/mol. The third kappa shape index (κ3) is 2.87. The van der Waals surface area contributed by atoms with E-state index in [2.05, 4.69) is 9.97 Å². The van der Waals surface area contributed by atoms with E-state index >= 15 is 0 Å². The van der Waals surface area contributed by atoms with E-state index < -0.39 is 40.6 Å². The van der Waals surface area contributed by atoms with Crippen molar-refractivity contribution in [1.82, 2.24) is 9.97 Å². The number of carbonyl (C=O) groups excluding carboxylic acids is 1. The van der Waals surface area contributed by atoms with Crippen LogP contribution in [0, 0.1) is 17.8 Å². The maximum absolute atomic E-state index is 12.8. The largest absolute Gasteiger partial charge is 0.394 e. The number of alkyl halides is 5.